The highest BCUT2D eigenvalue weighted by molar-refractivity contribution is 9.10. The Bertz CT molecular complexity index is 1320. The predicted molar refractivity (Wildman–Crippen MR) is 155 cm³/mol. The number of halogens is 1. The SMILES string of the molecule is CCOc1ccc(Br)cc1CN1CCN(C(=O)c2c(NC(=O)C(C)c3ccccc3)nc3n2CCCC3)CC1. The Morgan fingerprint density at radius 1 is 1.05 bits per heavy atom. The van der Waals surface area contributed by atoms with Crippen molar-refractivity contribution in [3.8, 4) is 5.75 Å². The van der Waals surface area contributed by atoms with Gasteiger partial charge in [0.05, 0.1) is 12.5 Å². The van der Waals surface area contributed by atoms with Gasteiger partial charge in [-0.25, -0.2) is 4.98 Å². The van der Waals surface area contributed by atoms with Gasteiger partial charge in [0.25, 0.3) is 5.91 Å². The third-order valence-electron chi connectivity index (χ3n) is 7.59. The Balaban J connectivity index is 1.29. The Kier molecular flexibility index (Phi) is 8.67. The maximum Gasteiger partial charge on any atom is 0.274 e. The molecular weight excluding hydrogens is 558 g/mol. The molecule has 3 aromatic rings. The maximum atomic E-state index is 13.9. The predicted octanol–water partition coefficient (Wildman–Crippen LogP) is 5.08. The summed E-state index contributed by atoms with van der Waals surface area (Å²) in [6.07, 6.45) is 2.85. The van der Waals surface area contributed by atoms with Gasteiger partial charge >= 0.3 is 0 Å². The molecule has 1 atom stereocenters. The number of piperazine rings is 1. The molecule has 2 aromatic carbocycles. The van der Waals surface area contributed by atoms with Crippen molar-refractivity contribution in [2.24, 2.45) is 0 Å². The molecule has 5 rings (SSSR count). The minimum absolute atomic E-state index is 0.0598. The van der Waals surface area contributed by atoms with Crippen molar-refractivity contribution in [1.82, 2.24) is 19.4 Å². The van der Waals surface area contributed by atoms with Gasteiger partial charge in [-0.15, -0.1) is 0 Å². The average molecular weight is 595 g/mol. The molecule has 2 aliphatic heterocycles. The van der Waals surface area contributed by atoms with Crippen molar-refractivity contribution in [3.05, 3.63) is 75.6 Å². The number of rotatable bonds is 8. The van der Waals surface area contributed by atoms with E-state index in [9.17, 15) is 9.59 Å². The molecule has 0 spiro atoms. The summed E-state index contributed by atoms with van der Waals surface area (Å²) in [6, 6.07) is 15.8. The number of fused-ring (bicyclic) bond motifs is 1. The average Bonchev–Trinajstić information content (AvgIpc) is 3.32. The molecule has 0 aliphatic carbocycles. The molecule has 39 heavy (non-hydrogen) atoms. The molecule has 2 aliphatic rings. The Morgan fingerprint density at radius 2 is 1.82 bits per heavy atom. The zero-order valence-corrected chi connectivity index (χ0v) is 24.2. The highest BCUT2D eigenvalue weighted by Gasteiger charge is 2.31. The summed E-state index contributed by atoms with van der Waals surface area (Å²) < 4.78 is 8.88. The van der Waals surface area contributed by atoms with E-state index in [0.29, 0.717) is 31.2 Å². The van der Waals surface area contributed by atoms with Crippen LogP contribution >= 0.6 is 15.9 Å². The van der Waals surface area contributed by atoms with Crippen LogP contribution in [0.25, 0.3) is 0 Å². The van der Waals surface area contributed by atoms with Gasteiger partial charge in [-0.2, -0.15) is 0 Å². The lowest BCUT2D eigenvalue weighted by Gasteiger charge is -2.35. The van der Waals surface area contributed by atoms with Gasteiger partial charge in [0.2, 0.25) is 5.91 Å². The molecule has 9 heteroatoms. The number of imidazole rings is 1. The molecule has 2 amide bonds. The van der Waals surface area contributed by atoms with Crippen LogP contribution in [0.3, 0.4) is 0 Å². The summed E-state index contributed by atoms with van der Waals surface area (Å²) in [7, 11) is 0. The molecule has 0 radical (unpaired) electrons. The maximum absolute atomic E-state index is 13.9. The standard InChI is InChI=1S/C30H36BrN5O3/c1-3-39-25-13-12-24(31)19-23(25)20-34-15-17-35(18-16-34)30(38)27-28(32-26-11-7-8-14-36(26)27)33-29(37)21(2)22-9-5-4-6-10-22/h4-6,9-10,12-13,19,21H,3,7-8,11,14-18,20H2,1-2H3,(H,33,37). The minimum Gasteiger partial charge on any atom is -0.494 e. The fraction of sp³-hybridized carbons (Fsp3) is 0.433. The summed E-state index contributed by atoms with van der Waals surface area (Å²) in [4.78, 5) is 36.1. The molecule has 3 heterocycles. The second-order valence-corrected chi connectivity index (χ2v) is 11.1. The third-order valence-corrected chi connectivity index (χ3v) is 8.08. The van der Waals surface area contributed by atoms with E-state index in [-0.39, 0.29) is 17.7 Å². The van der Waals surface area contributed by atoms with Crippen LogP contribution in [-0.2, 0) is 24.3 Å². The zero-order valence-electron chi connectivity index (χ0n) is 22.7. The zero-order chi connectivity index (χ0) is 27.4. The van der Waals surface area contributed by atoms with Gasteiger partial charge < -0.3 is 19.5 Å². The molecule has 8 nitrogen and oxygen atoms in total. The largest absolute Gasteiger partial charge is 0.494 e. The van der Waals surface area contributed by atoms with Crippen molar-refractivity contribution in [1.29, 1.82) is 0 Å². The van der Waals surface area contributed by atoms with Crippen LogP contribution in [0.2, 0.25) is 0 Å². The van der Waals surface area contributed by atoms with Crippen molar-refractivity contribution in [2.45, 2.75) is 52.1 Å². The van der Waals surface area contributed by atoms with Crippen LogP contribution in [-0.4, -0.2) is 64.0 Å². The van der Waals surface area contributed by atoms with Crippen molar-refractivity contribution in [3.63, 3.8) is 0 Å². The topological polar surface area (TPSA) is 79.7 Å². The van der Waals surface area contributed by atoms with Gasteiger partial charge in [0, 0.05) is 55.7 Å². The highest BCUT2D eigenvalue weighted by atomic mass is 79.9. The van der Waals surface area contributed by atoms with E-state index in [1.165, 1.54) is 0 Å². The monoisotopic (exact) mass is 593 g/mol. The molecule has 1 N–H and O–H groups in total. The number of amides is 2. The van der Waals surface area contributed by atoms with E-state index in [1.807, 2.05) is 65.8 Å². The molecular formula is C30H36BrN5O3. The summed E-state index contributed by atoms with van der Waals surface area (Å²) >= 11 is 3.57. The summed E-state index contributed by atoms with van der Waals surface area (Å²) in [6.45, 7) is 8.75. The minimum atomic E-state index is -0.351. The van der Waals surface area contributed by atoms with Crippen LogP contribution < -0.4 is 10.1 Å². The van der Waals surface area contributed by atoms with Crippen molar-refractivity contribution >= 4 is 33.6 Å². The molecule has 1 saturated heterocycles. The van der Waals surface area contributed by atoms with Crippen LogP contribution in [0.5, 0.6) is 5.75 Å². The quantitative estimate of drug-likeness (QED) is 0.394. The molecule has 1 aromatic heterocycles. The number of aromatic nitrogens is 2. The number of hydrogen-bond donors (Lipinski definition) is 1. The van der Waals surface area contributed by atoms with Crippen molar-refractivity contribution in [2.75, 3.05) is 38.1 Å². The van der Waals surface area contributed by atoms with E-state index >= 15 is 0 Å². The third kappa shape index (κ3) is 6.20. The lowest BCUT2D eigenvalue weighted by molar-refractivity contribution is -0.117. The molecule has 0 bridgehead atoms. The first-order valence-corrected chi connectivity index (χ1v) is 14.6. The summed E-state index contributed by atoms with van der Waals surface area (Å²) in [5.74, 6) is 1.60. The fourth-order valence-corrected chi connectivity index (χ4v) is 5.78. The molecule has 1 fully saturated rings. The Morgan fingerprint density at radius 3 is 2.56 bits per heavy atom. The number of benzene rings is 2. The van der Waals surface area contributed by atoms with E-state index < -0.39 is 0 Å². The summed E-state index contributed by atoms with van der Waals surface area (Å²) in [5, 5.41) is 3.00. The van der Waals surface area contributed by atoms with E-state index in [2.05, 4.69) is 32.2 Å². The number of carbonyl (C=O) groups is 2. The number of carbonyl (C=O) groups excluding carboxylic acids is 2. The van der Waals surface area contributed by atoms with Crippen LogP contribution in [0.1, 0.15) is 60.0 Å². The smallest absolute Gasteiger partial charge is 0.274 e. The summed E-state index contributed by atoms with van der Waals surface area (Å²) in [5.41, 5.74) is 2.58. The second kappa shape index (κ2) is 12.3. The fourth-order valence-electron chi connectivity index (χ4n) is 5.37. The lowest BCUT2D eigenvalue weighted by atomic mass is 10.0. The molecule has 0 saturated carbocycles. The van der Waals surface area contributed by atoms with E-state index in [1.54, 1.807) is 0 Å². The number of hydrogen-bond acceptors (Lipinski definition) is 5. The molecule has 206 valence electrons. The normalized spacial score (nSPS) is 16.4. The highest BCUT2D eigenvalue weighted by Crippen LogP contribution is 2.28. The van der Waals surface area contributed by atoms with Crippen LogP contribution in [0.4, 0.5) is 5.82 Å². The van der Waals surface area contributed by atoms with Gasteiger partial charge in [-0.1, -0.05) is 46.3 Å². The number of aryl methyl sites for hydroxylation is 1. The number of nitrogens with zero attached hydrogens (tertiary/aromatic N) is 4. The number of nitrogens with one attached hydrogen (secondary N) is 1. The van der Waals surface area contributed by atoms with Gasteiger partial charge in [0.15, 0.2) is 11.5 Å². The van der Waals surface area contributed by atoms with Gasteiger partial charge in [-0.3, -0.25) is 14.5 Å². The first kappa shape index (κ1) is 27.4. The van der Waals surface area contributed by atoms with Gasteiger partial charge in [-0.05, 0) is 50.5 Å². The van der Waals surface area contributed by atoms with Crippen LogP contribution in [0, 0.1) is 0 Å². The number of anilines is 1. The molecule has 1 unspecified atom stereocenters. The van der Waals surface area contributed by atoms with E-state index in [4.69, 9.17) is 9.72 Å². The Hall–Kier alpha value is -3.17. The van der Waals surface area contributed by atoms with E-state index in [0.717, 1.165) is 72.6 Å². The second-order valence-electron chi connectivity index (χ2n) is 10.2. The van der Waals surface area contributed by atoms with Gasteiger partial charge in [0.1, 0.15) is 11.6 Å². The first-order valence-electron chi connectivity index (χ1n) is 13.8. The first-order chi connectivity index (χ1) is 18.9. The van der Waals surface area contributed by atoms with Crippen LogP contribution in [0.15, 0.2) is 53.0 Å². The number of ether oxygens (including phenoxy) is 1. The van der Waals surface area contributed by atoms with Crippen molar-refractivity contribution < 1.29 is 14.3 Å². The Labute approximate surface area is 238 Å². The lowest BCUT2D eigenvalue weighted by Crippen LogP contribution is -2.48.